The lowest BCUT2D eigenvalue weighted by molar-refractivity contribution is 0.0899. The van der Waals surface area contributed by atoms with Crippen LogP contribution in [0.5, 0.6) is 11.5 Å². The molecule has 0 aromatic heterocycles. The van der Waals surface area contributed by atoms with Crippen molar-refractivity contribution in [3.8, 4) is 11.5 Å². The first-order valence-electron chi connectivity index (χ1n) is 8.91. The highest BCUT2D eigenvalue weighted by molar-refractivity contribution is 5.98. The molecule has 2 aromatic rings. The van der Waals surface area contributed by atoms with Gasteiger partial charge in [0, 0.05) is 35.8 Å². The fraction of sp³-hybridized carbons (Fsp3) is 0.333. The third-order valence-electron chi connectivity index (χ3n) is 5.16. The van der Waals surface area contributed by atoms with Crippen LogP contribution < -0.4 is 14.4 Å². The van der Waals surface area contributed by atoms with Gasteiger partial charge in [-0.15, -0.1) is 0 Å². The lowest BCUT2D eigenvalue weighted by atomic mass is 9.88. The van der Waals surface area contributed by atoms with Crippen LogP contribution >= 0.6 is 0 Å². The Balaban J connectivity index is 1.40. The van der Waals surface area contributed by atoms with Crippen LogP contribution in [0.2, 0.25) is 0 Å². The fourth-order valence-electron chi connectivity index (χ4n) is 3.59. The smallest absolute Gasteiger partial charge is 0.231 e. The first kappa shape index (κ1) is 16.6. The number of carbonyl (C=O) groups excluding carboxylic acids is 2. The summed E-state index contributed by atoms with van der Waals surface area (Å²) < 4.78 is 10.7. The molecule has 0 spiro atoms. The minimum atomic E-state index is 0.0307. The number of ether oxygens (including phenoxy) is 2. The zero-order chi connectivity index (χ0) is 18.1. The Morgan fingerprint density at radius 1 is 0.923 bits per heavy atom. The van der Waals surface area contributed by atoms with Gasteiger partial charge in [0.15, 0.2) is 23.1 Å². The van der Waals surface area contributed by atoms with Gasteiger partial charge in [-0.2, -0.15) is 0 Å². The number of Topliss-reactive ketones (excluding diaryl/α,β-unsaturated/α-hetero) is 2. The van der Waals surface area contributed by atoms with E-state index < -0.39 is 0 Å². The van der Waals surface area contributed by atoms with Crippen molar-refractivity contribution >= 4 is 17.3 Å². The van der Waals surface area contributed by atoms with Gasteiger partial charge in [0.05, 0.1) is 0 Å². The number of hydrogen-bond acceptors (Lipinski definition) is 5. The minimum absolute atomic E-state index is 0.0307. The Morgan fingerprint density at radius 2 is 1.58 bits per heavy atom. The Labute approximate surface area is 152 Å². The quantitative estimate of drug-likeness (QED) is 0.786. The maximum Gasteiger partial charge on any atom is 0.231 e. The summed E-state index contributed by atoms with van der Waals surface area (Å²) in [6.45, 7) is 3.46. The van der Waals surface area contributed by atoms with E-state index in [2.05, 4.69) is 4.90 Å². The number of fused-ring (bicyclic) bond motifs is 1. The Kier molecular flexibility index (Phi) is 4.37. The number of benzene rings is 2. The lowest BCUT2D eigenvalue weighted by Crippen LogP contribution is -2.36. The Bertz CT molecular complexity index is 836. The lowest BCUT2D eigenvalue weighted by Gasteiger charge is -2.33. The van der Waals surface area contributed by atoms with E-state index in [4.69, 9.17) is 9.47 Å². The zero-order valence-electron chi connectivity index (χ0n) is 14.7. The molecular formula is C21H21NO4. The average molecular weight is 351 g/mol. The summed E-state index contributed by atoms with van der Waals surface area (Å²) in [4.78, 5) is 26.5. The van der Waals surface area contributed by atoms with Crippen LogP contribution in [0.15, 0.2) is 42.5 Å². The van der Waals surface area contributed by atoms with Crippen LogP contribution in [0.25, 0.3) is 0 Å². The molecule has 0 bridgehead atoms. The topological polar surface area (TPSA) is 55.8 Å². The van der Waals surface area contributed by atoms with Crippen LogP contribution in [0.1, 0.15) is 40.5 Å². The third-order valence-corrected chi connectivity index (χ3v) is 5.16. The molecule has 2 heterocycles. The van der Waals surface area contributed by atoms with Crippen LogP contribution in [0.3, 0.4) is 0 Å². The SMILES string of the molecule is CC(=O)c1ccc(N2CCC(C(=O)c3ccc4c(c3)OCO4)CC2)cc1. The van der Waals surface area contributed by atoms with Gasteiger partial charge in [-0.3, -0.25) is 9.59 Å². The average Bonchev–Trinajstić information content (AvgIpc) is 3.15. The maximum absolute atomic E-state index is 12.8. The van der Waals surface area contributed by atoms with Gasteiger partial charge >= 0.3 is 0 Å². The predicted molar refractivity (Wildman–Crippen MR) is 98.3 cm³/mol. The number of rotatable bonds is 4. The summed E-state index contributed by atoms with van der Waals surface area (Å²) in [7, 11) is 0. The van der Waals surface area contributed by atoms with E-state index in [-0.39, 0.29) is 24.3 Å². The Morgan fingerprint density at radius 3 is 2.27 bits per heavy atom. The van der Waals surface area contributed by atoms with E-state index in [9.17, 15) is 9.59 Å². The molecule has 0 saturated carbocycles. The number of nitrogens with zero attached hydrogens (tertiary/aromatic N) is 1. The predicted octanol–water partition coefficient (Wildman–Crippen LogP) is 3.72. The van der Waals surface area contributed by atoms with Gasteiger partial charge in [0.1, 0.15) is 0 Å². The summed E-state index contributed by atoms with van der Waals surface area (Å²) in [5.41, 5.74) is 2.52. The van der Waals surface area contributed by atoms with Crippen LogP contribution in [-0.4, -0.2) is 31.4 Å². The van der Waals surface area contributed by atoms with Crippen molar-refractivity contribution < 1.29 is 19.1 Å². The number of carbonyl (C=O) groups is 2. The van der Waals surface area contributed by atoms with Crippen molar-refractivity contribution in [2.45, 2.75) is 19.8 Å². The van der Waals surface area contributed by atoms with E-state index in [1.165, 1.54) is 0 Å². The molecule has 1 fully saturated rings. The molecule has 0 aliphatic carbocycles. The van der Waals surface area contributed by atoms with Crippen molar-refractivity contribution in [2.24, 2.45) is 5.92 Å². The van der Waals surface area contributed by atoms with E-state index in [0.29, 0.717) is 17.1 Å². The molecule has 0 N–H and O–H groups in total. The molecule has 2 aliphatic heterocycles. The summed E-state index contributed by atoms with van der Waals surface area (Å²) in [6.07, 6.45) is 1.64. The number of anilines is 1. The van der Waals surface area contributed by atoms with Crippen molar-refractivity contribution in [1.29, 1.82) is 0 Å². The zero-order valence-corrected chi connectivity index (χ0v) is 14.7. The van der Waals surface area contributed by atoms with Crippen molar-refractivity contribution in [3.05, 3.63) is 53.6 Å². The molecule has 5 nitrogen and oxygen atoms in total. The minimum Gasteiger partial charge on any atom is -0.454 e. The number of ketones is 2. The van der Waals surface area contributed by atoms with Gasteiger partial charge < -0.3 is 14.4 Å². The van der Waals surface area contributed by atoms with Gasteiger partial charge in [0.2, 0.25) is 6.79 Å². The molecule has 0 radical (unpaired) electrons. The van der Waals surface area contributed by atoms with E-state index in [1.807, 2.05) is 30.3 Å². The van der Waals surface area contributed by atoms with E-state index >= 15 is 0 Å². The van der Waals surface area contributed by atoms with Crippen molar-refractivity contribution in [3.63, 3.8) is 0 Å². The maximum atomic E-state index is 12.8. The molecule has 1 saturated heterocycles. The number of hydrogen-bond donors (Lipinski definition) is 0. The fourth-order valence-corrected chi connectivity index (χ4v) is 3.59. The molecule has 26 heavy (non-hydrogen) atoms. The molecular weight excluding hydrogens is 330 g/mol. The molecule has 0 unspecified atom stereocenters. The molecule has 134 valence electrons. The monoisotopic (exact) mass is 351 g/mol. The summed E-state index contributed by atoms with van der Waals surface area (Å²) in [5.74, 6) is 1.63. The van der Waals surface area contributed by atoms with Crippen LogP contribution in [-0.2, 0) is 0 Å². The molecule has 0 atom stereocenters. The molecule has 0 amide bonds. The summed E-state index contributed by atoms with van der Waals surface area (Å²) >= 11 is 0. The molecule has 5 heteroatoms. The number of piperidine rings is 1. The normalized spacial score (nSPS) is 16.6. The summed E-state index contributed by atoms with van der Waals surface area (Å²) in [5, 5.41) is 0. The second-order valence-electron chi connectivity index (χ2n) is 6.80. The van der Waals surface area contributed by atoms with Crippen molar-refractivity contribution in [1.82, 2.24) is 0 Å². The highest BCUT2D eigenvalue weighted by Crippen LogP contribution is 2.34. The first-order valence-corrected chi connectivity index (χ1v) is 8.91. The summed E-state index contributed by atoms with van der Waals surface area (Å²) in [6, 6.07) is 13.1. The standard InChI is InChI=1S/C21H21NO4/c1-14(23)15-2-5-18(6-3-15)22-10-8-16(9-11-22)21(24)17-4-7-19-20(12-17)26-13-25-19/h2-7,12,16H,8-11,13H2,1H3. The highest BCUT2D eigenvalue weighted by atomic mass is 16.7. The molecule has 2 aliphatic rings. The second kappa shape index (κ2) is 6.83. The van der Waals surface area contributed by atoms with E-state index in [0.717, 1.165) is 37.2 Å². The van der Waals surface area contributed by atoms with Gasteiger partial charge in [-0.1, -0.05) is 0 Å². The van der Waals surface area contributed by atoms with Gasteiger partial charge in [-0.05, 0) is 62.2 Å². The molecule has 2 aromatic carbocycles. The van der Waals surface area contributed by atoms with Gasteiger partial charge in [0.25, 0.3) is 0 Å². The largest absolute Gasteiger partial charge is 0.454 e. The third kappa shape index (κ3) is 3.17. The van der Waals surface area contributed by atoms with E-state index in [1.54, 1.807) is 19.1 Å². The second-order valence-corrected chi connectivity index (χ2v) is 6.80. The Hall–Kier alpha value is -2.82. The van der Waals surface area contributed by atoms with Crippen LogP contribution in [0, 0.1) is 5.92 Å². The van der Waals surface area contributed by atoms with Crippen molar-refractivity contribution in [2.75, 3.05) is 24.8 Å². The van der Waals surface area contributed by atoms with Gasteiger partial charge in [-0.25, -0.2) is 0 Å². The first-order chi connectivity index (χ1) is 12.6. The van der Waals surface area contributed by atoms with Crippen LogP contribution in [0.4, 0.5) is 5.69 Å². The highest BCUT2D eigenvalue weighted by Gasteiger charge is 2.27. The molecule has 4 rings (SSSR count).